The monoisotopic (exact) mass is 248 g/mol. The third-order valence-electron chi connectivity index (χ3n) is 5.08. The summed E-state index contributed by atoms with van der Waals surface area (Å²) in [6, 6.07) is 2.73. The average Bonchev–Trinajstić information content (AvgIpc) is 2.89. The van der Waals surface area contributed by atoms with E-state index in [1.54, 1.807) is 0 Å². The number of hydrogen-bond donors (Lipinski definition) is 0. The molecule has 2 unspecified atom stereocenters. The van der Waals surface area contributed by atoms with Crippen molar-refractivity contribution in [3.05, 3.63) is 0 Å². The molecule has 0 aromatic heterocycles. The lowest BCUT2D eigenvalue weighted by Crippen LogP contribution is -2.51. The Balaban J connectivity index is 2.19. The highest BCUT2D eigenvalue weighted by atomic mass is 16.2. The van der Waals surface area contributed by atoms with Crippen LogP contribution in [0.2, 0.25) is 0 Å². The summed E-state index contributed by atoms with van der Waals surface area (Å²) >= 11 is 0. The van der Waals surface area contributed by atoms with Gasteiger partial charge in [0.25, 0.3) is 0 Å². The van der Waals surface area contributed by atoms with Crippen LogP contribution in [0.5, 0.6) is 0 Å². The van der Waals surface area contributed by atoms with Crippen molar-refractivity contribution in [2.24, 2.45) is 11.3 Å². The van der Waals surface area contributed by atoms with Gasteiger partial charge in [0.2, 0.25) is 5.91 Å². The van der Waals surface area contributed by atoms with Gasteiger partial charge in [0.05, 0.1) is 6.07 Å². The number of rotatable bonds is 3. The first-order valence-corrected chi connectivity index (χ1v) is 7.41. The van der Waals surface area contributed by atoms with Crippen LogP contribution in [0.4, 0.5) is 0 Å². The Hall–Kier alpha value is -1.04. The van der Waals surface area contributed by atoms with E-state index in [2.05, 4.69) is 11.0 Å². The number of likely N-dealkylation sites (tertiary alicyclic amines) is 1. The Labute approximate surface area is 110 Å². The van der Waals surface area contributed by atoms with Gasteiger partial charge in [-0.05, 0) is 44.4 Å². The zero-order valence-electron chi connectivity index (χ0n) is 11.6. The predicted octanol–water partition coefficient (Wildman–Crippen LogP) is 3.11. The van der Waals surface area contributed by atoms with Gasteiger partial charge < -0.3 is 4.90 Å². The van der Waals surface area contributed by atoms with Crippen molar-refractivity contribution < 1.29 is 4.79 Å². The second-order valence-corrected chi connectivity index (χ2v) is 5.80. The zero-order chi connectivity index (χ0) is 13.2. The van der Waals surface area contributed by atoms with Gasteiger partial charge in [-0.1, -0.05) is 20.3 Å². The largest absolute Gasteiger partial charge is 0.338 e. The Morgan fingerprint density at radius 2 is 1.94 bits per heavy atom. The number of nitriles is 1. The van der Waals surface area contributed by atoms with E-state index in [0.29, 0.717) is 24.8 Å². The summed E-state index contributed by atoms with van der Waals surface area (Å²) in [5, 5.41) is 9.42. The first-order valence-electron chi connectivity index (χ1n) is 7.41. The van der Waals surface area contributed by atoms with E-state index in [-0.39, 0.29) is 5.91 Å². The van der Waals surface area contributed by atoms with Crippen LogP contribution in [-0.2, 0) is 4.79 Å². The third kappa shape index (κ3) is 2.02. The van der Waals surface area contributed by atoms with Gasteiger partial charge in [-0.3, -0.25) is 4.79 Å². The van der Waals surface area contributed by atoms with E-state index >= 15 is 0 Å². The maximum Gasteiger partial charge on any atom is 0.243 e. The summed E-state index contributed by atoms with van der Waals surface area (Å²) in [6.45, 7) is 4.78. The van der Waals surface area contributed by atoms with Crippen LogP contribution in [-0.4, -0.2) is 23.4 Å². The Morgan fingerprint density at radius 1 is 1.28 bits per heavy atom. The number of nitrogens with zero attached hydrogens (tertiary/aromatic N) is 2. The number of fused-ring (bicyclic) bond motifs is 1. The van der Waals surface area contributed by atoms with Crippen molar-refractivity contribution in [3.8, 4) is 6.07 Å². The second-order valence-electron chi connectivity index (χ2n) is 5.80. The van der Waals surface area contributed by atoms with Crippen molar-refractivity contribution in [2.75, 3.05) is 6.54 Å². The molecule has 0 radical (unpaired) electrons. The number of hydrogen-bond acceptors (Lipinski definition) is 2. The van der Waals surface area contributed by atoms with Crippen LogP contribution in [0.1, 0.15) is 58.8 Å². The summed E-state index contributed by atoms with van der Waals surface area (Å²) in [5.74, 6) is 0.805. The van der Waals surface area contributed by atoms with Gasteiger partial charge >= 0.3 is 0 Å². The van der Waals surface area contributed by atoms with Gasteiger partial charge in [0, 0.05) is 12.6 Å². The number of piperidine rings is 1. The van der Waals surface area contributed by atoms with Crippen LogP contribution in [0, 0.1) is 22.7 Å². The molecule has 1 heterocycles. The van der Waals surface area contributed by atoms with Gasteiger partial charge in [-0.15, -0.1) is 0 Å². The summed E-state index contributed by atoms with van der Waals surface area (Å²) in [5.41, 5.74) is -0.773. The van der Waals surface area contributed by atoms with Crippen molar-refractivity contribution in [1.29, 1.82) is 5.26 Å². The first-order chi connectivity index (χ1) is 8.68. The van der Waals surface area contributed by atoms with Crippen LogP contribution in [0.3, 0.4) is 0 Å². The molecule has 0 spiro atoms. The molecule has 1 aliphatic heterocycles. The van der Waals surface area contributed by atoms with Crippen LogP contribution in [0.15, 0.2) is 0 Å². The molecule has 0 N–H and O–H groups in total. The molecule has 1 aliphatic carbocycles. The lowest BCUT2D eigenvalue weighted by Gasteiger charge is -2.41. The minimum Gasteiger partial charge on any atom is -0.338 e. The molecule has 2 rings (SSSR count). The summed E-state index contributed by atoms with van der Waals surface area (Å²) in [7, 11) is 0. The standard InChI is InChI=1S/C15H24N2O/c1-3-15(4-2,11-16)14(18)17-10-6-8-12-7-5-9-13(12)17/h12-13H,3-10H2,1-2H3. The molecular weight excluding hydrogens is 224 g/mol. The van der Waals surface area contributed by atoms with E-state index < -0.39 is 5.41 Å². The molecule has 0 aromatic rings. The molecule has 2 atom stereocenters. The van der Waals surface area contributed by atoms with E-state index in [1.807, 2.05) is 13.8 Å². The molecule has 1 saturated heterocycles. The van der Waals surface area contributed by atoms with E-state index in [0.717, 1.165) is 19.4 Å². The van der Waals surface area contributed by atoms with Gasteiger partial charge in [0.15, 0.2) is 0 Å². The number of carbonyl (C=O) groups is 1. The number of carbonyl (C=O) groups excluding carboxylic acids is 1. The third-order valence-corrected chi connectivity index (χ3v) is 5.08. The first kappa shape index (κ1) is 13.4. The fourth-order valence-corrected chi connectivity index (χ4v) is 3.74. The zero-order valence-corrected chi connectivity index (χ0v) is 11.6. The SMILES string of the molecule is CCC(C#N)(CC)C(=O)N1CCCC2CCCC21. The summed E-state index contributed by atoms with van der Waals surface area (Å²) in [4.78, 5) is 14.8. The van der Waals surface area contributed by atoms with Crippen molar-refractivity contribution in [2.45, 2.75) is 64.8 Å². The van der Waals surface area contributed by atoms with E-state index in [1.165, 1.54) is 19.3 Å². The van der Waals surface area contributed by atoms with E-state index in [4.69, 9.17) is 0 Å². The molecule has 3 heteroatoms. The molecular formula is C15H24N2O. The highest BCUT2D eigenvalue weighted by Gasteiger charge is 2.44. The Morgan fingerprint density at radius 3 is 2.56 bits per heavy atom. The minimum atomic E-state index is -0.773. The molecule has 18 heavy (non-hydrogen) atoms. The lowest BCUT2D eigenvalue weighted by atomic mass is 9.80. The maximum absolute atomic E-state index is 12.8. The van der Waals surface area contributed by atoms with E-state index in [9.17, 15) is 10.1 Å². The molecule has 1 saturated carbocycles. The fourth-order valence-electron chi connectivity index (χ4n) is 3.74. The highest BCUT2D eigenvalue weighted by Crippen LogP contribution is 2.39. The smallest absolute Gasteiger partial charge is 0.243 e. The fraction of sp³-hybridized carbons (Fsp3) is 0.867. The quantitative estimate of drug-likeness (QED) is 0.770. The van der Waals surface area contributed by atoms with Crippen LogP contribution < -0.4 is 0 Å². The van der Waals surface area contributed by atoms with Crippen LogP contribution in [0.25, 0.3) is 0 Å². The maximum atomic E-state index is 12.8. The molecule has 2 fully saturated rings. The topological polar surface area (TPSA) is 44.1 Å². The highest BCUT2D eigenvalue weighted by molar-refractivity contribution is 5.85. The van der Waals surface area contributed by atoms with Crippen molar-refractivity contribution >= 4 is 5.91 Å². The van der Waals surface area contributed by atoms with Gasteiger partial charge in [-0.25, -0.2) is 0 Å². The Kier molecular flexibility index (Phi) is 3.94. The van der Waals surface area contributed by atoms with Gasteiger partial charge in [0.1, 0.15) is 5.41 Å². The predicted molar refractivity (Wildman–Crippen MR) is 70.7 cm³/mol. The normalized spacial score (nSPS) is 27.7. The van der Waals surface area contributed by atoms with Crippen LogP contribution >= 0.6 is 0 Å². The van der Waals surface area contributed by atoms with Gasteiger partial charge in [-0.2, -0.15) is 5.26 Å². The molecule has 0 bridgehead atoms. The average molecular weight is 248 g/mol. The molecule has 100 valence electrons. The molecule has 0 aromatic carbocycles. The van der Waals surface area contributed by atoms with Crippen molar-refractivity contribution in [1.82, 2.24) is 4.90 Å². The van der Waals surface area contributed by atoms with Crippen molar-refractivity contribution in [3.63, 3.8) is 0 Å². The second kappa shape index (κ2) is 5.30. The molecule has 2 aliphatic rings. The number of amides is 1. The lowest BCUT2D eigenvalue weighted by molar-refractivity contribution is -0.144. The summed E-state index contributed by atoms with van der Waals surface area (Å²) in [6.07, 6.45) is 7.31. The summed E-state index contributed by atoms with van der Waals surface area (Å²) < 4.78 is 0. The Bertz CT molecular complexity index is 354. The molecule has 3 nitrogen and oxygen atoms in total. The molecule has 1 amide bonds. The minimum absolute atomic E-state index is 0.103.